The maximum atomic E-state index is 13.6. The molecule has 0 aliphatic rings. The maximum absolute atomic E-state index is 13.6. The molecule has 0 aliphatic carbocycles. The maximum Gasteiger partial charge on any atom is 0.222 e. The zero-order valence-corrected chi connectivity index (χ0v) is 12.6. The number of anilines is 1. The molecule has 0 amide bonds. The number of hydrogen-bond acceptors (Lipinski definition) is 4. The van der Waals surface area contributed by atoms with Crippen LogP contribution in [0, 0.1) is 5.82 Å². The average molecular weight is 289 g/mol. The lowest BCUT2D eigenvalue weighted by molar-refractivity contribution is 0.283. The van der Waals surface area contributed by atoms with Crippen molar-refractivity contribution in [1.29, 1.82) is 0 Å². The Kier molecular flexibility index (Phi) is 5.09. The second kappa shape index (κ2) is 7.02. The van der Waals surface area contributed by atoms with Crippen molar-refractivity contribution in [2.75, 3.05) is 11.9 Å². The summed E-state index contributed by atoms with van der Waals surface area (Å²) < 4.78 is 19.3. The van der Waals surface area contributed by atoms with Crippen molar-refractivity contribution >= 4 is 5.82 Å². The van der Waals surface area contributed by atoms with Gasteiger partial charge < -0.3 is 10.1 Å². The van der Waals surface area contributed by atoms with Gasteiger partial charge in [0.05, 0.1) is 5.56 Å². The van der Waals surface area contributed by atoms with Crippen LogP contribution in [0.3, 0.4) is 0 Å². The molecule has 1 aromatic carbocycles. The van der Waals surface area contributed by atoms with E-state index >= 15 is 0 Å². The summed E-state index contributed by atoms with van der Waals surface area (Å²) >= 11 is 0. The number of nitrogens with zero attached hydrogens (tertiary/aromatic N) is 2. The lowest BCUT2D eigenvalue weighted by Crippen LogP contribution is -2.09. The van der Waals surface area contributed by atoms with Crippen molar-refractivity contribution in [3.05, 3.63) is 47.5 Å². The summed E-state index contributed by atoms with van der Waals surface area (Å²) in [6, 6.07) is 6.57. The molecule has 1 N–H and O–H groups in total. The largest absolute Gasteiger partial charge is 0.472 e. The number of rotatable bonds is 6. The Morgan fingerprint density at radius 1 is 1.24 bits per heavy atom. The number of hydrogen-bond donors (Lipinski definition) is 1. The number of aromatic nitrogens is 2. The number of ether oxygens (including phenoxy) is 1. The molecule has 0 saturated heterocycles. The molecule has 0 atom stereocenters. The van der Waals surface area contributed by atoms with E-state index < -0.39 is 0 Å². The van der Waals surface area contributed by atoms with Gasteiger partial charge in [0, 0.05) is 12.1 Å². The molecule has 5 heteroatoms. The highest BCUT2D eigenvalue weighted by Crippen LogP contribution is 2.30. The topological polar surface area (TPSA) is 47.0 Å². The monoisotopic (exact) mass is 289 g/mol. The Labute approximate surface area is 124 Å². The van der Waals surface area contributed by atoms with Gasteiger partial charge in [-0.15, -0.1) is 0 Å². The van der Waals surface area contributed by atoms with Crippen LogP contribution in [0.2, 0.25) is 0 Å². The number of halogens is 1. The van der Waals surface area contributed by atoms with Gasteiger partial charge in [-0.25, -0.2) is 14.4 Å². The van der Waals surface area contributed by atoms with Crippen molar-refractivity contribution in [3.63, 3.8) is 0 Å². The van der Waals surface area contributed by atoms with Gasteiger partial charge in [0.25, 0.3) is 0 Å². The Balaban J connectivity index is 2.23. The summed E-state index contributed by atoms with van der Waals surface area (Å²) in [5.41, 5.74) is 1.42. The van der Waals surface area contributed by atoms with Gasteiger partial charge in [-0.1, -0.05) is 32.0 Å². The van der Waals surface area contributed by atoms with E-state index in [-0.39, 0.29) is 18.3 Å². The molecule has 0 unspecified atom stereocenters. The molecule has 1 heterocycles. The van der Waals surface area contributed by atoms with Crippen molar-refractivity contribution < 1.29 is 9.13 Å². The quantitative estimate of drug-likeness (QED) is 0.879. The van der Waals surface area contributed by atoms with Crippen LogP contribution in [0.15, 0.2) is 30.6 Å². The van der Waals surface area contributed by atoms with E-state index in [1.807, 2.05) is 6.92 Å². The van der Waals surface area contributed by atoms with Crippen LogP contribution in [-0.2, 0) is 6.61 Å². The first kappa shape index (κ1) is 15.2. The van der Waals surface area contributed by atoms with E-state index in [9.17, 15) is 4.39 Å². The lowest BCUT2D eigenvalue weighted by Gasteiger charge is -2.16. The molecule has 1 aromatic heterocycles. The van der Waals surface area contributed by atoms with Crippen molar-refractivity contribution in [2.24, 2.45) is 0 Å². The molecule has 0 radical (unpaired) electrons. The fraction of sp³-hybridized carbons (Fsp3) is 0.375. The van der Waals surface area contributed by atoms with Gasteiger partial charge in [-0.2, -0.15) is 0 Å². The summed E-state index contributed by atoms with van der Waals surface area (Å²) in [5, 5.41) is 3.20. The second-order valence-electron chi connectivity index (χ2n) is 5.01. The molecule has 4 nitrogen and oxygen atoms in total. The fourth-order valence-corrected chi connectivity index (χ4v) is 2.08. The summed E-state index contributed by atoms with van der Waals surface area (Å²) in [7, 11) is 0. The molecular formula is C16H20FN3O. The average Bonchev–Trinajstić information content (AvgIpc) is 2.46. The zero-order valence-electron chi connectivity index (χ0n) is 12.6. The Hall–Kier alpha value is -2.17. The van der Waals surface area contributed by atoms with Crippen LogP contribution in [0.25, 0.3) is 0 Å². The lowest BCUT2D eigenvalue weighted by atomic mass is 10.1. The van der Waals surface area contributed by atoms with Gasteiger partial charge in [-0.3, -0.25) is 0 Å². The predicted octanol–water partition coefficient (Wildman–Crippen LogP) is 3.75. The van der Waals surface area contributed by atoms with Crippen LogP contribution in [-0.4, -0.2) is 16.5 Å². The van der Waals surface area contributed by atoms with Crippen LogP contribution >= 0.6 is 0 Å². The highest BCUT2D eigenvalue weighted by Gasteiger charge is 2.16. The van der Waals surface area contributed by atoms with E-state index in [0.29, 0.717) is 11.4 Å². The number of nitrogens with one attached hydrogen (secondary N) is 1. The first-order valence-electron chi connectivity index (χ1n) is 7.08. The van der Waals surface area contributed by atoms with Crippen molar-refractivity contribution in [1.82, 2.24) is 9.97 Å². The highest BCUT2D eigenvalue weighted by molar-refractivity contribution is 5.50. The summed E-state index contributed by atoms with van der Waals surface area (Å²) in [6.45, 7) is 7.02. The summed E-state index contributed by atoms with van der Waals surface area (Å²) in [5.74, 6) is 1.20. The SMILES string of the molecule is CCNc1ncnc(OCc2ccccc2F)c1C(C)C. The highest BCUT2D eigenvalue weighted by atomic mass is 19.1. The zero-order chi connectivity index (χ0) is 15.2. The predicted molar refractivity (Wildman–Crippen MR) is 81.0 cm³/mol. The fourth-order valence-electron chi connectivity index (χ4n) is 2.08. The molecule has 2 rings (SSSR count). The van der Waals surface area contributed by atoms with Crippen LogP contribution < -0.4 is 10.1 Å². The third kappa shape index (κ3) is 3.68. The van der Waals surface area contributed by atoms with Crippen LogP contribution in [0.5, 0.6) is 5.88 Å². The van der Waals surface area contributed by atoms with Gasteiger partial charge >= 0.3 is 0 Å². The Morgan fingerprint density at radius 2 is 2.00 bits per heavy atom. The molecule has 112 valence electrons. The second-order valence-corrected chi connectivity index (χ2v) is 5.01. The molecule has 21 heavy (non-hydrogen) atoms. The molecule has 0 fully saturated rings. The van der Waals surface area contributed by atoms with Crippen LogP contribution in [0.1, 0.15) is 37.8 Å². The van der Waals surface area contributed by atoms with Crippen molar-refractivity contribution in [3.8, 4) is 5.88 Å². The Morgan fingerprint density at radius 3 is 2.67 bits per heavy atom. The van der Waals surface area contributed by atoms with E-state index in [1.165, 1.54) is 12.4 Å². The summed E-state index contributed by atoms with van der Waals surface area (Å²) in [6.07, 6.45) is 1.46. The third-order valence-corrected chi connectivity index (χ3v) is 3.09. The van der Waals surface area contributed by atoms with E-state index in [2.05, 4.69) is 29.1 Å². The van der Waals surface area contributed by atoms with E-state index in [0.717, 1.165) is 17.9 Å². The normalized spacial score (nSPS) is 10.7. The first-order chi connectivity index (χ1) is 10.1. The smallest absolute Gasteiger partial charge is 0.222 e. The molecular weight excluding hydrogens is 269 g/mol. The van der Waals surface area contributed by atoms with Gasteiger partial charge in [0.15, 0.2) is 0 Å². The molecule has 0 spiro atoms. The summed E-state index contributed by atoms with van der Waals surface area (Å²) in [4.78, 5) is 8.44. The molecule has 0 saturated carbocycles. The third-order valence-electron chi connectivity index (χ3n) is 3.09. The minimum Gasteiger partial charge on any atom is -0.472 e. The van der Waals surface area contributed by atoms with E-state index in [1.54, 1.807) is 18.2 Å². The first-order valence-corrected chi connectivity index (χ1v) is 7.08. The molecule has 0 aliphatic heterocycles. The van der Waals surface area contributed by atoms with Gasteiger partial charge in [-0.05, 0) is 18.9 Å². The molecule has 2 aromatic rings. The molecule has 0 bridgehead atoms. The van der Waals surface area contributed by atoms with Gasteiger partial charge in [0.2, 0.25) is 5.88 Å². The minimum atomic E-state index is -0.274. The number of benzene rings is 1. The van der Waals surface area contributed by atoms with E-state index in [4.69, 9.17) is 4.74 Å². The van der Waals surface area contributed by atoms with Crippen LogP contribution in [0.4, 0.5) is 10.2 Å². The Bertz CT molecular complexity index is 602. The van der Waals surface area contributed by atoms with Crippen molar-refractivity contribution in [2.45, 2.75) is 33.3 Å². The van der Waals surface area contributed by atoms with Gasteiger partial charge in [0.1, 0.15) is 24.6 Å². The standard InChI is InChI=1S/C16H20FN3O/c1-4-18-15-14(11(2)3)16(20-10-19-15)21-9-12-7-5-6-8-13(12)17/h5-8,10-11H,4,9H2,1-3H3,(H,18,19,20). The minimum absolute atomic E-state index is 0.148.